The molecule has 0 bridgehead atoms. The second-order valence-electron chi connectivity index (χ2n) is 8.18. The summed E-state index contributed by atoms with van der Waals surface area (Å²) in [6.45, 7) is 4.73. The molecular weight excluding hydrogens is 426 g/mol. The van der Waals surface area contributed by atoms with E-state index >= 15 is 0 Å². The zero-order valence-electron chi connectivity index (χ0n) is 19.8. The number of ether oxygens (including phenoxy) is 1. The van der Waals surface area contributed by atoms with E-state index in [9.17, 15) is 9.59 Å². The minimum absolute atomic E-state index is 0.138. The molecule has 4 rings (SSSR count). The van der Waals surface area contributed by atoms with Crippen molar-refractivity contribution in [2.75, 3.05) is 20.3 Å². The summed E-state index contributed by atoms with van der Waals surface area (Å²) in [6, 6.07) is 23.9. The molecule has 0 fully saturated rings. The van der Waals surface area contributed by atoms with Gasteiger partial charge in [-0.3, -0.25) is 14.2 Å². The molecule has 0 aliphatic rings. The maximum Gasteiger partial charge on any atom is 0.266 e. The number of carbonyl (C=O) groups is 1. The van der Waals surface area contributed by atoms with Gasteiger partial charge in [-0.25, -0.2) is 4.98 Å². The Bertz CT molecular complexity index is 1330. The molecular formula is C28H29N3O3. The maximum absolute atomic E-state index is 13.7. The van der Waals surface area contributed by atoms with E-state index in [-0.39, 0.29) is 11.5 Å². The number of aryl methyl sites for hydroxylation is 1. The number of benzene rings is 3. The quantitative estimate of drug-likeness (QED) is 0.383. The number of hydrogen-bond acceptors (Lipinski definition) is 4. The Kier molecular flexibility index (Phi) is 7.18. The Morgan fingerprint density at radius 2 is 1.68 bits per heavy atom. The van der Waals surface area contributed by atoms with Crippen molar-refractivity contribution in [3.05, 3.63) is 106 Å². The van der Waals surface area contributed by atoms with Gasteiger partial charge in [0.2, 0.25) is 0 Å². The van der Waals surface area contributed by atoms with Crippen molar-refractivity contribution in [2.45, 2.75) is 26.3 Å². The third-order valence-corrected chi connectivity index (χ3v) is 6.06. The molecule has 34 heavy (non-hydrogen) atoms. The first-order valence-corrected chi connectivity index (χ1v) is 11.5. The summed E-state index contributed by atoms with van der Waals surface area (Å²) in [4.78, 5) is 33.8. The number of carbonyl (C=O) groups excluding carboxylic acids is 1. The van der Waals surface area contributed by atoms with Crippen LogP contribution in [0.4, 0.5) is 0 Å². The summed E-state index contributed by atoms with van der Waals surface area (Å²) in [5.41, 5.74) is 2.93. The standard InChI is InChI=1S/C28H29N3O3/c1-4-21-14-16-23(17-15-21)31-26(29-25-13-9-8-12-24(25)28(31)33)20(2)30(18-19-34-3)27(32)22-10-6-5-7-11-22/h5-17,20H,4,18-19H2,1-3H3. The first-order chi connectivity index (χ1) is 16.5. The number of rotatable bonds is 8. The Morgan fingerprint density at radius 3 is 2.35 bits per heavy atom. The lowest BCUT2D eigenvalue weighted by molar-refractivity contribution is 0.0605. The minimum atomic E-state index is -0.481. The fourth-order valence-electron chi connectivity index (χ4n) is 4.11. The molecule has 1 amide bonds. The molecule has 1 atom stereocenters. The van der Waals surface area contributed by atoms with Crippen LogP contribution in [0.2, 0.25) is 0 Å². The molecule has 0 spiro atoms. The molecule has 174 valence electrons. The van der Waals surface area contributed by atoms with Crippen LogP contribution in [-0.2, 0) is 11.2 Å². The van der Waals surface area contributed by atoms with Crippen molar-refractivity contribution in [1.29, 1.82) is 0 Å². The number of fused-ring (bicyclic) bond motifs is 1. The molecule has 4 aromatic rings. The van der Waals surface area contributed by atoms with Crippen LogP contribution in [0.15, 0.2) is 83.7 Å². The van der Waals surface area contributed by atoms with Crippen molar-refractivity contribution in [3.63, 3.8) is 0 Å². The Hall–Kier alpha value is -3.77. The minimum Gasteiger partial charge on any atom is -0.383 e. The predicted molar refractivity (Wildman–Crippen MR) is 134 cm³/mol. The van der Waals surface area contributed by atoms with Crippen LogP contribution in [0, 0.1) is 0 Å². The van der Waals surface area contributed by atoms with Gasteiger partial charge in [0.05, 0.1) is 29.2 Å². The monoisotopic (exact) mass is 455 g/mol. The van der Waals surface area contributed by atoms with Gasteiger partial charge in [0.15, 0.2) is 0 Å². The van der Waals surface area contributed by atoms with E-state index in [1.165, 1.54) is 5.56 Å². The molecule has 0 saturated carbocycles. The van der Waals surface area contributed by atoms with Gasteiger partial charge >= 0.3 is 0 Å². The first-order valence-electron chi connectivity index (χ1n) is 11.5. The summed E-state index contributed by atoms with van der Waals surface area (Å²) in [5, 5.41) is 0.538. The third kappa shape index (κ3) is 4.63. The van der Waals surface area contributed by atoms with Crippen LogP contribution < -0.4 is 5.56 Å². The highest BCUT2D eigenvalue weighted by Gasteiger charge is 2.27. The van der Waals surface area contributed by atoms with E-state index in [1.54, 1.807) is 34.8 Å². The molecule has 0 saturated heterocycles. The molecule has 1 aromatic heterocycles. The smallest absolute Gasteiger partial charge is 0.266 e. The number of hydrogen-bond donors (Lipinski definition) is 0. The summed E-state index contributed by atoms with van der Waals surface area (Å²) in [5.74, 6) is 0.369. The lowest BCUT2D eigenvalue weighted by Gasteiger charge is -2.30. The number of nitrogens with zero attached hydrogens (tertiary/aromatic N) is 3. The maximum atomic E-state index is 13.7. The highest BCUT2D eigenvalue weighted by molar-refractivity contribution is 5.94. The van der Waals surface area contributed by atoms with Gasteiger partial charge in [0.25, 0.3) is 11.5 Å². The average Bonchev–Trinajstić information content (AvgIpc) is 2.89. The second-order valence-corrected chi connectivity index (χ2v) is 8.18. The van der Waals surface area contributed by atoms with Gasteiger partial charge in [0, 0.05) is 19.2 Å². The molecule has 0 N–H and O–H groups in total. The number of amides is 1. The molecule has 3 aromatic carbocycles. The van der Waals surface area contributed by atoms with E-state index in [0.717, 1.165) is 12.1 Å². The van der Waals surface area contributed by atoms with Crippen LogP contribution in [0.5, 0.6) is 0 Å². The van der Waals surface area contributed by atoms with Crippen molar-refractivity contribution in [1.82, 2.24) is 14.5 Å². The number of aromatic nitrogens is 2. The fourth-order valence-corrected chi connectivity index (χ4v) is 4.11. The molecule has 1 unspecified atom stereocenters. The van der Waals surface area contributed by atoms with Crippen molar-refractivity contribution in [3.8, 4) is 5.69 Å². The SMILES string of the molecule is CCc1ccc(-n2c(C(C)N(CCOC)C(=O)c3ccccc3)nc3ccccc3c2=O)cc1. The Morgan fingerprint density at radius 1 is 1.00 bits per heavy atom. The molecule has 6 heteroatoms. The zero-order valence-corrected chi connectivity index (χ0v) is 19.8. The summed E-state index contributed by atoms with van der Waals surface area (Å²) >= 11 is 0. The largest absolute Gasteiger partial charge is 0.383 e. The lowest BCUT2D eigenvalue weighted by atomic mass is 10.1. The van der Waals surface area contributed by atoms with E-state index in [2.05, 4.69) is 6.92 Å². The van der Waals surface area contributed by atoms with E-state index < -0.39 is 6.04 Å². The number of methoxy groups -OCH3 is 1. The summed E-state index contributed by atoms with van der Waals surface area (Å²) in [6.07, 6.45) is 0.908. The van der Waals surface area contributed by atoms with E-state index in [0.29, 0.717) is 35.4 Å². The van der Waals surface area contributed by atoms with E-state index in [1.807, 2.05) is 67.6 Å². The molecule has 0 aliphatic heterocycles. The van der Waals surface area contributed by atoms with Crippen LogP contribution in [0.1, 0.15) is 41.6 Å². The van der Waals surface area contributed by atoms with Crippen LogP contribution >= 0.6 is 0 Å². The lowest BCUT2D eigenvalue weighted by Crippen LogP contribution is -2.39. The van der Waals surface area contributed by atoms with Gasteiger partial charge in [-0.15, -0.1) is 0 Å². The molecule has 1 heterocycles. The number of para-hydroxylation sites is 1. The second kappa shape index (κ2) is 10.4. The zero-order chi connectivity index (χ0) is 24.1. The average molecular weight is 456 g/mol. The third-order valence-electron chi connectivity index (χ3n) is 6.06. The Balaban J connectivity index is 1.89. The van der Waals surface area contributed by atoms with Crippen LogP contribution in [-0.4, -0.2) is 40.6 Å². The topological polar surface area (TPSA) is 64.4 Å². The van der Waals surface area contributed by atoms with Crippen LogP contribution in [0.25, 0.3) is 16.6 Å². The van der Waals surface area contributed by atoms with Gasteiger partial charge in [0.1, 0.15) is 5.82 Å². The normalized spacial score (nSPS) is 12.0. The molecule has 0 radical (unpaired) electrons. The Labute approximate surface area is 199 Å². The van der Waals surface area contributed by atoms with Crippen molar-refractivity contribution >= 4 is 16.8 Å². The van der Waals surface area contributed by atoms with Crippen LogP contribution in [0.3, 0.4) is 0 Å². The summed E-state index contributed by atoms with van der Waals surface area (Å²) in [7, 11) is 1.61. The fraction of sp³-hybridized carbons (Fsp3) is 0.250. The highest BCUT2D eigenvalue weighted by Crippen LogP contribution is 2.24. The van der Waals surface area contributed by atoms with Gasteiger partial charge in [-0.05, 0) is 55.3 Å². The highest BCUT2D eigenvalue weighted by atomic mass is 16.5. The van der Waals surface area contributed by atoms with Crippen molar-refractivity contribution < 1.29 is 9.53 Å². The van der Waals surface area contributed by atoms with E-state index in [4.69, 9.17) is 9.72 Å². The van der Waals surface area contributed by atoms with Crippen molar-refractivity contribution in [2.24, 2.45) is 0 Å². The predicted octanol–water partition coefficient (Wildman–Crippen LogP) is 4.80. The summed E-state index contributed by atoms with van der Waals surface area (Å²) < 4.78 is 6.93. The van der Waals surface area contributed by atoms with Gasteiger partial charge < -0.3 is 9.64 Å². The molecule has 0 aliphatic carbocycles. The van der Waals surface area contributed by atoms with Gasteiger partial charge in [-0.1, -0.05) is 49.4 Å². The molecule has 6 nitrogen and oxygen atoms in total. The van der Waals surface area contributed by atoms with Gasteiger partial charge in [-0.2, -0.15) is 0 Å². The first kappa shape index (κ1) is 23.4.